The standard InChI is InChI=1S/C10H10F3NO4/c1-5-2-3-6(18-5)9(17)14-7(4-8(15)16)10(11,12)13/h2-3,7H,4H2,1H3,(H,14,17)(H,15,16). The second-order valence-corrected chi connectivity index (χ2v) is 3.58. The molecule has 100 valence electrons. The molecule has 0 radical (unpaired) electrons. The molecule has 0 aromatic carbocycles. The second kappa shape index (κ2) is 5.11. The van der Waals surface area contributed by atoms with E-state index in [0.29, 0.717) is 5.76 Å². The topological polar surface area (TPSA) is 79.5 Å². The van der Waals surface area contributed by atoms with Gasteiger partial charge in [-0.2, -0.15) is 13.2 Å². The fourth-order valence-corrected chi connectivity index (χ4v) is 1.21. The first-order valence-corrected chi connectivity index (χ1v) is 4.86. The highest BCUT2D eigenvalue weighted by atomic mass is 19.4. The van der Waals surface area contributed by atoms with Crippen LogP contribution >= 0.6 is 0 Å². The fourth-order valence-electron chi connectivity index (χ4n) is 1.21. The van der Waals surface area contributed by atoms with Crippen LogP contribution in [-0.2, 0) is 4.79 Å². The number of rotatable bonds is 4. The maximum absolute atomic E-state index is 12.5. The Hall–Kier alpha value is -1.99. The van der Waals surface area contributed by atoms with Crippen molar-refractivity contribution < 1.29 is 32.3 Å². The summed E-state index contributed by atoms with van der Waals surface area (Å²) >= 11 is 0. The largest absolute Gasteiger partial charge is 0.481 e. The molecule has 1 amide bonds. The number of furan rings is 1. The number of carbonyl (C=O) groups excluding carboxylic acids is 1. The smallest absolute Gasteiger partial charge is 0.409 e. The third kappa shape index (κ3) is 3.79. The van der Waals surface area contributed by atoms with Gasteiger partial charge >= 0.3 is 12.1 Å². The van der Waals surface area contributed by atoms with Crippen molar-refractivity contribution in [3.8, 4) is 0 Å². The van der Waals surface area contributed by atoms with Gasteiger partial charge in [0.25, 0.3) is 5.91 Å². The zero-order valence-corrected chi connectivity index (χ0v) is 9.25. The summed E-state index contributed by atoms with van der Waals surface area (Å²) in [5, 5.41) is 9.94. The van der Waals surface area contributed by atoms with Crippen LogP contribution in [0.15, 0.2) is 16.5 Å². The Balaban J connectivity index is 2.78. The van der Waals surface area contributed by atoms with Crippen molar-refractivity contribution in [3.05, 3.63) is 23.7 Å². The van der Waals surface area contributed by atoms with E-state index < -0.39 is 30.5 Å². The molecule has 1 heterocycles. The third-order valence-electron chi connectivity index (χ3n) is 2.04. The number of alkyl halides is 3. The van der Waals surface area contributed by atoms with Crippen molar-refractivity contribution in [2.24, 2.45) is 0 Å². The van der Waals surface area contributed by atoms with Gasteiger partial charge in [0.2, 0.25) is 0 Å². The maximum atomic E-state index is 12.5. The summed E-state index contributed by atoms with van der Waals surface area (Å²) in [7, 11) is 0. The number of amides is 1. The summed E-state index contributed by atoms with van der Waals surface area (Å²) in [6, 6.07) is 0.168. The van der Waals surface area contributed by atoms with E-state index in [4.69, 9.17) is 9.52 Å². The van der Waals surface area contributed by atoms with E-state index in [0.717, 1.165) is 0 Å². The molecule has 0 saturated heterocycles. The van der Waals surface area contributed by atoms with E-state index in [-0.39, 0.29) is 5.76 Å². The van der Waals surface area contributed by atoms with Crippen LogP contribution in [0, 0.1) is 6.92 Å². The van der Waals surface area contributed by atoms with Gasteiger partial charge in [-0.05, 0) is 19.1 Å². The minimum atomic E-state index is -4.84. The van der Waals surface area contributed by atoms with Gasteiger partial charge in [0.1, 0.15) is 11.8 Å². The number of nitrogens with one attached hydrogen (secondary N) is 1. The summed E-state index contributed by atoms with van der Waals surface area (Å²) in [5.41, 5.74) is 0. The Kier molecular flexibility index (Phi) is 4.00. The predicted molar refractivity (Wildman–Crippen MR) is 53.0 cm³/mol. The van der Waals surface area contributed by atoms with Gasteiger partial charge in [-0.25, -0.2) is 0 Å². The Morgan fingerprint density at radius 3 is 2.44 bits per heavy atom. The van der Waals surface area contributed by atoms with Crippen LogP contribution in [-0.4, -0.2) is 29.2 Å². The van der Waals surface area contributed by atoms with Gasteiger partial charge in [0, 0.05) is 0 Å². The van der Waals surface area contributed by atoms with Gasteiger partial charge in [-0.3, -0.25) is 9.59 Å². The Labute approximate surface area is 99.6 Å². The molecule has 8 heteroatoms. The number of hydrogen-bond donors (Lipinski definition) is 2. The summed E-state index contributed by atoms with van der Waals surface area (Å²) in [6.07, 6.45) is -6.08. The van der Waals surface area contributed by atoms with E-state index in [1.54, 1.807) is 5.32 Å². The molecule has 0 aliphatic carbocycles. The van der Waals surface area contributed by atoms with E-state index in [1.807, 2.05) is 0 Å². The SMILES string of the molecule is Cc1ccc(C(=O)NC(CC(=O)O)C(F)(F)F)o1. The van der Waals surface area contributed by atoms with Crippen molar-refractivity contribution in [1.82, 2.24) is 5.32 Å². The van der Waals surface area contributed by atoms with E-state index in [9.17, 15) is 22.8 Å². The molecule has 0 spiro atoms. The number of hydrogen-bond acceptors (Lipinski definition) is 3. The molecular weight excluding hydrogens is 255 g/mol. The van der Waals surface area contributed by atoms with Crippen LogP contribution in [0.25, 0.3) is 0 Å². The van der Waals surface area contributed by atoms with Crippen LogP contribution in [0.2, 0.25) is 0 Å². The van der Waals surface area contributed by atoms with Crippen LogP contribution in [0.3, 0.4) is 0 Å². The summed E-state index contributed by atoms with van der Waals surface area (Å²) < 4.78 is 42.2. The number of carboxylic acid groups (broad SMARTS) is 1. The quantitative estimate of drug-likeness (QED) is 0.868. The van der Waals surface area contributed by atoms with Crippen LogP contribution < -0.4 is 5.32 Å². The first-order chi connectivity index (χ1) is 8.20. The van der Waals surface area contributed by atoms with E-state index in [2.05, 4.69) is 0 Å². The number of aryl methyl sites for hydroxylation is 1. The minimum Gasteiger partial charge on any atom is -0.481 e. The lowest BCUT2D eigenvalue weighted by Gasteiger charge is -2.19. The van der Waals surface area contributed by atoms with Crippen molar-refractivity contribution in [2.45, 2.75) is 25.6 Å². The minimum absolute atomic E-state index is 0.299. The van der Waals surface area contributed by atoms with E-state index in [1.165, 1.54) is 19.1 Å². The van der Waals surface area contributed by atoms with Crippen molar-refractivity contribution in [2.75, 3.05) is 0 Å². The lowest BCUT2D eigenvalue weighted by atomic mass is 10.2. The number of aliphatic carboxylic acids is 1. The Bertz CT molecular complexity index is 452. The molecule has 1 aromatic rings. The molecule has 1 unspecified atom stereocenters. The molecule has 0 bridgehead atoms. The monoisotopic (exact) mass is 265 g/mol. The summed E-state index contributed by atoms with van der Waals surface area (Å²) in [4.78, 5) is 21.7. The summed E-state index contributed by atoms with van der Waals surface area (Å²) in [6.45, 7) is 1.52. The third-order valence-corrected chi connectivity index (χ3v) is 2.04. The zero-order chi connectivity index (χ0) is 13.9. The lowest BCUT2D eigenvalue weighted by Crippen LogP contribution is -2.46. The van der Waals surface area contributed by atoms with Crippen molar-refractivity contribution in [1.29, 1.82) is 0 Å². The van der Waals surface area contributed by atoms with Crippen molar-refractivity contribution in [3.63, 3.8) is 0 Å². The Morgan fingerprint density at radius 1 is 1.44 bits per heavy atom. The highest BCUT2D eigenvalue weighted by Gasteiger charge is 2.42. The lowest BCUT2D eigenvalue weighted by molar-refractivity contribution is -0.165. The van der Waals surface area contributed by atoms with Crippen LogP contribution in [0.5, 0.6) is 0 Å². The van der Waals surface area contributed by atoms with Gasteiger partial charge in [-0.1, -0.05) is 0 Å². The summed E-state index contributed by atoms with van der Waals surface area (Å²) in [5.74, 6) is -2.70. The van der Waals surface area contributed by atoms with Gasteiger partial charge < -0.3 is 14.8 Å². The first-order valence-electron chi connectivity index (χ1n) is 4.86. The normalized spacial score (nSPS) is 13.1. The second-order valence-electron chi connectivity index (χ2n) is 3.58. The molecule has 18 heavy (non-hydrogen) atoms. The molecule has 0 aliphatic heterocycles. The maximum Gasteiger partial charge on any atom is 0.409 e. The fraction of sp³-hybridized carbons (Fsp3) is 0.400. The highest BCUT2D eigenvalue weighted by molar-refractivity contribution is 5.92. The van der Waals surface area contributed by atoms with Gasteiger partial charge in [-0.15, -0.1) is 0 Å². The number of halogens is 3. The number of carbonyl (C=O) groups is 2. The molecule has 1 rings (SSSR count). The van der Waals surface area contributed by atoms with Crippen LogP contribution in [0.4, 0.5) is 13.2 Å². The Morgan fingerprint density at radius 2 is 2.06 bits per heavy atom. The van der Waals surface area contributed by atoms with Gasteiger partial charge in [0.05, 0.1) is 6.42 Å². The molecule has 0 saturated carbocycles. The first kappa shape index (κ1) is 14.1. The zero-order valence-electron chi connectivity index (χ0n) is 9.25. The van der Waals surface area contributed by atoms with E-state index >= 15 is 0 Å². The predicted octanol–water partition coefficient (Wildman–Crippen LogP) is 1.72. The molecule has 5 nitrogen and oxygen atoms in total. The molecule has 0 fully saturated rings. The van der Waals surface area contributed by atoms with Gasteiger partial charge in [0.15, 0.2) is 5.76 Å². The van der Waals surface area contributed by atoms with Crippen molar-refractivity contribution >= 4 is 11.9 Å². The highest BCUT2D eigenvalue weighted by Crippen LogP contribution is 2.23. The molecular formula is C10H10F3NO4. The molecule has 1 aromatic heterocycles. The van der Waals surface area contributed by atoms with Crippen LogP contribution in [0.1, 0.15) is 22.7 Å². The average Bonchev–Trinajstić information content (AvgIpc) is 2.61. The molecule has 2 N–H and O–H groups in total. The average molecular weight is 265 g/mol. The number of carboxylic acids is 1. The molecule has 0 aliphatic rings. The molecule has 1 atom stereocenters.